The summed E-state index contributed by atoms with van der Waals surface area (Å²) >= 11 is 0. The average molecular weight is 370 g/mol. The molecule has 0 spiro atoms. The van der Waals surface area contributed by atoms with Gasteiger partial charge in [-0.05, 0) is 5.56 Å². The minimum Gasteiger partial charge on any atom is -0.468 e. The molecule has 0 aliphatic carbocycles. The highest BCUT2D eigenvalue weighted by atomic mass is 16.6. The molecule has 0 unspecified atom stereocenters. The Balaban J connectivity index is 2.52. The van der Waals surface area contributed by atoms with Gasteiger partial charge in [0.1, 0.15) is 6.61 Å². The van der Waals surface area contributed by atoms with Gasteiger partial charge in [-0.1, -0.05) is 36.9 Å². The molecule has 0 aliphatic heterocycles. The maximum Gasteiger partial charge on any atom is 0.358 e. The fourth-order valence-electron chi connectivity index (χ4n) is 2.05. The van der Waals surface area contributed by atoms with Gasteiger partial charge in [0.25, 0.3) is 11.8 Å². The minimum atomic E-state index is -0.566. The van der Waals surface area contributed by atoms with Crippen LogP contribution in [-0.2, 0) is 6.61 Å². The van der Waals surface area contributed by atoms with Crippen molar-refractivity contribution in [1.29, 1.82) is 0 Å². The quantitative estimate of drug-likeness (QED) is 0.305. The van der Waals surface area contributed by atoms with Crippen molar-refractivity contribution in [3.05, 3.63) is 58.3 Å². The van der Waals surface area contributed by atoms with Gasteiger partial charge in [0.2, 0.25) is 0 Å². The molecular weight excluding hydrogens is 348 g/mol. The Labute approximate surface area is 157 Å². The van der Waals surface area contributed by atoms with E-state index in [0.717, 1.165) is 5.56 Å². The molecule has 2 aromatic rings. The van der Waals surface area contributed by atoms with Crippen LogP contribution in [0.15, 0.2) is 41.9 Å². The lowest BCUT2D eigenvalue weighted by Gasteiger charge is -2.16. The van der Waals surface area contributed by atoms with Crippen LogP contribution in [0.2, 0.25) is 0 Å². The standard InChI is InChI=1S/C18H22N6O3/c1-13(23(4)5)15-16(24(25)26)17(21-18(20-15)19-12-22(2)3)27-11-14-9-7-6-8-10-14/h6-10,12H,1,11H2,2-5H3/b19-12+. The monoisotopic (exact) mass is 370 g/mol. The van der Waals surface area contributed by atoms with E-state index in [2.05, 4.69) is 21.5 Å². The molecule has 27 heavy (non-hydrogen) atoms. The number of aliphatic imine (C=N–C) groups is 1. The first kappa shape index (κ1) is 19.8. The Kier molecular flexibility index (Phi) is 6.42. The van der Waals surface area contributed by atoms with Crippen LogP contribution in [0.4, 0.5) is 11.6 Å². The van der Waals surface area contributed by atoms with E-state index in [1.807, 2.05) is 30.3 Å². The summed E-state index contributed by atoms with van der Waals surface area (Å²) in [5.74, 6) is -0.0990. The molecule has 1 heterocycles. The van der Waals surface area contributed by atoms with Gasteiger partial charge in [-0.15, -0.1) is 0 Å². The van der Waals surface area contributed by atoms with E-state index >= 15 is 0 Å². The summed E-state index contributed by atoms with van der Waals surface area (Å²) in [4.78, 5) is 26.9. The third-order valence-corrected chi connectivity index (χ3v) is 3.46. The molecule has 0 atom stereocenters. The van der Waals surface area contributed by atoms with E-state index in [4.69, 9.17) is 4.74 Å². The van der Waals surface area contributed by atoms with Gasteiger partial charge in [0.15, 0.2) is 5.69 Å². The molecule has 0 saturated carbocycles. The molecular formula is C18H22N6O3. The average Bonchev–Trinajstić information content (AvgIpc) is 2.64. The van der Waals surface area contributed by atoms with E-state index in [9.17, 15) is 10.1 Å². The van der Waals surface area contributed by atoms with Crippen LogP contribution in [0.25, 0.3) is 5.70 Å². The van der Waals surface area contributed by atoms with Gasteiger partial charge in [-0.2, -0.15) is 4.98 Å². The SMILES string of the molecule is C=C(c1nc(/N=C/N(C)C)nc(OCc2ccccc2)c1[N+](=O)[O-])N(C)C. The Hall–Kier alpha value is -3.49. The number of aromatic nitrogens is 2. The molecule has 1 aromatic heterocycles. The number of benzene rings is 1. The molecule has 9 nitrogen and oxygen atoms in total. The summed E-state index contributed by atoms with van der Waals surface area (Å²) in [5, 5.41) is 11.7. The zero-order valence-electron chi connectivity index (χ0n) is 15.8. The summed E-state index contributed by atoms with van der Waals surface area (Å²) in [6.07, 6.45) is 1.50. The number of hydrogen-bond acceptors (Lipinski definition) is 7. The molecule has 0 aliphatic rings. The first-order valence-electron chi connectivity index (χ1n) is 8.10. The maximum atomic E-state index is 11.7. The predicted octanol–water partition coefficient (Wildman–Crippen LogP) is 2.72. The Bertz CT molecular complexity index is 850. The number of ether oxygens (including phenoxy) is 1. The molecule has 9 heteroatoms. The van der Waals surface area contributed by atoms with Crippen molar-refractivity contribution in [3.63, 3.8) is 0 Å². The molecule has 0 radical (unpaired) electrons. The van der Waals surface area contributed by atoms with Gasteiger partial charge in [0, 0.05) is 28.2 Å². The fraction of sp³-hybridized carbons (Fsp3) is 0.278. The molecule has 0 saturated heterocycles. The third-order valence-electron chi connectivity index (χ3n) is 3.46. The van der Waals surface area contributed by atoms with Crippen LogP contribution in [0.5, 0.6) is 5.88 Å². The second-order valence-corrected chi connectivity index (χ2v) is 6.11. The van der Waals surface area contributed by atoms with Crippen LogP contribution in [0.1, 0.15) is 11.3 Å². The summed E-state index contributed by atoms with van der Waals surface area (Å²) in [6, 6.07) is 9.32. The van der Waals surface area contributed by atoms with Gasteiger partial charge in [-0.25, -0.2) is 9.98 Å². The topological polar surface area (TPSA) is 97.0 Å². The first-order chi connectivity index (χ1) is 12.8. The van der Waals surface area contributed by atoms with E-state index < -0.39 is 4.92 Å². The van der Waals surface area contributed by atoms with Gasteiger partial charge >= 0.3 is 5.69 Å². The summed E-state index contributed by atoms with van der Waals surface area (Å²) in [5.41, 5.74) is 0.939. The van der Waals surface area contributed by atoms with E-state index in [-0.39, 0.29) is 29.8 Å². The van der Waals surface area contributed by atoms with Crippen LogP contribution in [-0.4, -0.2) is 59.2 Å². The summed E-state index contributed by atoms with van der Waals surface area (Å²) in [7, 11) is 7.03. The van der Waals surface area contributed by atoms with E-state index in [1.54, 1.807) is 38.0 Å². The second kappa shape index (κ2) is 8.75. The van der Waals surface area contributed by atoms with E-state index in [0.29, 0.717) is 5.70 Å². The van der Waals surface area contributed by atoms with Crippen molar-refractivity contribution in [3.8, 4) is 5.88 Å². The van der Waals surface area contributed by atoms with Gasteiger partial charge in [0.05, 0.1) is 17.0 Å². The third kappa shape index (κ3) is 5.24. The van der Waals surface area contributed by atoms with Crippen LogP contribution >= 0.6 is 0 Å². The molecule has 1 aromatic carbocycles. The summed E-state index contributed by atoms with van der Waals surface area (Å²) < 4.78 is 5.66. The smallest absolute Gasteiger partial charge is 0.358 e. The van der Waals surface area contributed by atoms with Crippen molar-refractivity contribution in [2.24, 2.45) is 4.99 Å². The largest absolute Gasteiger partial charge is 0.468 e. The minimum absolute atomic E-state index is 0.0513. The number of hydrogen-bond donors (Lipinski definition) is 0. The molecule has 0 bridgehead atoms. The first-order valence-corrected chi connectivity index (χ1v) is 8.10. The van der Waals surface area contributed by atoms with Crippen LogP contribution in [0.3, 0.4) is 0 Å². The number of rotatable bonds is 8. The normalized spacial score (nSPS) is 10.7. The highest BCUT2D eigenvalue weighted by Gasteiger charge is 2.28. The molecule has 0 amide bonds. The van der Waals surface area contributed by atoms with Crippen molar-refractivity contribution >= 4 is 23.7 Å². The van der Waals surface area contributed by atoms with E-state index in [1.165, 1.54) is 6.34 Å². The zero-order valence-corrected chi connectivity index (χ0v) is 15.8. The van der Waals surface area contributed by atoms with Crippen LogP contribution in [0, 0.1) is 10.1 Å². The molecule has 0 fully saturated rings. The highest BCUT2D eigenvalue weighted by molar-refractivity contribution is 5.71. The second-order valence-electron chi connectivity index (χ2n) is 6.11. The summed E-state index contributed by atoms with van der Waals surface area (Å²) in [6.45, 7) is 4.00. The lowest BCUT2D eigenvalue weighted by molar-refractivity contribution is -0.386. The molecule has 142 valence electrons. The van der Waals surface area contributed by atoms with Crippen molar-refractivity contribution in [1.82, 2.24) is 19.8 Å². The molecule has 0 N–H and O–H groups in total. The Morgan fingerprint density at radius 3 is 2.48 bits per heavy atom. The van der Waals surface area contributed by atoms with Crippen LogP contribution < -0.4 is 4.74 Å². The number of nitro groups is 1. The highest BCUT2D eigenvalue weighted by Crippen LogP contribution is 2.34. The van der Waals surface area contributed by atoms with Crippen molar-refractivity contribution < 1.29 is 9.66 Å². The van der Waals surface area contributed by atoms with Crippen molar-refractivity contribution in [2.75, 3.05) is 28.2 Å². The Morgan fingerprint density at radius 1 is 1.26 bits per heavy atom. The Morgan fingerprint density at radius 2 is 1.93 bits per heavy atom. The predicted molar refractivity (Wildman–Crippen MR) is 104 cm³/mol. The zero-order chi connectivity index (χ0) is 20.0. The maximum absolute atomic E-state index is 11.7. The lowest BCUT2D eigenvalue weighted by Crippen LogP contribution is -2.14. The van der Waals surface area contributed by atoms with Gasteiger partial charge < -0.3 is 14.5 Å². The van der Waals surface area contributed by atoms with Crippen molar-refractivity contribution in [2.45, 2.75) is 6.61 Å². The van der Waals surface area contributed by atoms with Gasteiger partial charge in [-0.3, -0.25) is 10.1 Å². The molecule has 2 rings (SSSR count). The lowest BCUT2D eigenvalue weighted by atomic mass is 10.2. The fourth-order valence-corrected chi connectivity index (χ4v) is 2.05. The number of nitrogens with zero attached hydrogens (tertiary/aromatic N) is 6.